The van der Waals surface area contributed by atoms with Gasteiger partial charge in [-0.1, -0.05) is 17.7 Å². The van der Waals surface area contributed by atoms with Crippen molar-refractivity contribution in [3.8, 4) is 0 Å². The molecule has 1 aromatic rings. The van der Waals surface area contributed by atoms with Crippen LogP contribution in [0, 0.1) is 12.7 Å². The number of benzene rings is 1. The van der Waals surface area contributed by atoms with Crippen LogP contribution in [0.1, 0.15) is 30.4 Å². The first-order valence-corrected chi connectivity index (χ1v) is 5.09. The van der Waals surface area contributed by atoms with Crippen molar-refractivity contribution in [2.24, 2.45) is 0 Å². The lowest BCUT2D eigenvalue weighted by molar-refractivity contribution is -0.0416. The van der Waals surface area contributed by atoms with Crippen molar-refractivity contribution < 1.29 is 9.50 Å². The molecule has 1 saturated carbocycles. The minimum atomic E-state index is -0.972. The van der Waals surface area contributed by atoms with Crippen molar-refractivity contribution in [3.05, 3.63) is 34.1 Å². The van der Waals surface area contributed by atoms with E-state index in [1.165, 1.54) is 0 Å². The third-order valence-corrected chi connectivity index (χ3v) is 3.13. The maximum absolute atomic E-state index is 13.6. The van der Waals surface area contributed by atoms with Crippen LogP contribution >= 0.6 is 11.6 Å². The zero-order valence-corrected chi connectivity index (χ0v) is 8.74. The first kappa shape index (κ1) is 9.94. The molecule has 0 bridgehead atoms. The summed E-state index contributed by atoms with van der Waals surface area (Å²) < 4.78 is 13.6. The lowest BCUT2D eigenvalue weighted by Crippen LogP contribution is -2.34. The molecule has 1 aliphatic rings. The quantitative estimate of drug-likeness (QED) is 0.762. The number of hydrogen-bond acceptors (Lipinski definition) is 1. The first-order chi connectivity index (χ1) is 6.53. The van der Waals surface area contributed by atoms with Gasteiger partial charge in [0.05, 0.1) is 10.6 Å². The van der Waals surface area contributed by atoms with Gasteiger partial charge in [-0.25, -0.2) is 4.39 Å². The molecule has 1 aromatic carbocycles. The second kappa shape index (κ2) is 3.21. The monoisotopic (exact) mass is 214 g/mol. The molecule has 3 heteroatoms. The van der Waals surface area contributed by atoms with Gasteiger partial charge in [0.15, 0.2) is 0 Å². The predicted octanol–water partition coefficient (Wildman–Crippen LogP) is 3.16. The molecule has 0 spiro atoms. The molecular formula is C11H12ClFO. The van der Waals surface area contributed by atoms with Crippen molar-refractivity contribution in [2.75, 3.05) is 0 Å². The van der Waals surface area contributed by atoms with E-state index in [4.69, 9.17) is 11.6 Å². The van der Waals surface area contributed by atoms with E-state index in [-0.39, 0.29) is 5.02 Å². The van der Waals surface area contributed by atoms with Crippen molar-refractivity contribution in [2.45, 2.75) is 31.8 Å². The molecule has 2 rings (SSSR count). The van der Waals surface area contributed by atoms with Gasteiger partial charge in [0, 0.05) is 5.56 Å². The van der Waals surface area contributed by atoms with Gasteiger partial charge >= 0.3 is 0 Å². The van der Waals surface area contributed by atoms with Crippen LogP contribution in [0.2, 0.25) is 5.02 Å². The van der Waals surface area contributed by atoms with Crippen molar-refractivity contribution in [1.29, 1.82) is 0 Å². The van der Waals surface area contributed by atoms with Crippen LogP contribution in [-0.4, -0.2) is 5.11 Å². The van der Waals surface area contributed by atoms with Gasteiger partial charge in [-0.2, -0.15) is 0 Å². The Labute approximate surface area is 87.5 Å². The average molecular weight is 215 g/mol. The molecule has 1 fully saturated rings. The fourth-order valence-electron chi connectivity index (χ4n) is 1.84. The molecule has 0 atom stereocenters. The minimum absolute atomic E-state index is 0.0975. The van der Waals surface area contributed by atoms with Crippen LogP contribution in [0.15, 0.2) is 12.1 Å². The van der Waals surface area contributed by atoms with Gasteiger partial charge < -0.3 is 5.11 Å². The fourth-order valence-corrected chi connectivity index (χ4v) is 2.12. The van der Waals surface area contributed by atoms with E-state index in [2.05, 4.69) is 0 Å². The van der Waals surface area contributed by atoms with Gasteiger partial charge in [-0.3, -0.25) is 0 Å². The average Bonchev–Trinajstić information content (AvgIpc) is 2.07. The molecule has 1 nitrogen and oxygen atoms in total. The Morgan fingerprint density at radius 3 is 2.57 bits per heavy atom. The molecule has 0 amide bonds. The predicted molar refractivity (Wildman–Crippen MR) is 53.9 cm³/mol. The lowest BCUT2D eigenvalue weighted by atomic mass is 9.74. The second-order valence-corrected chi connectivity index (χ2v) is 4.40. The molecule has 1 N–H and O–H groups in total. The number of aryl methyl sites for hydroxylation is 1. The largest absolute Gasteiger partial charge is 0.385 e. The maximum atomic E-state index is 13.6. The normalized spacial score (nSPS) is 19.1. The molecule has 14 heavy (non-hydrogen) atoms. The second-order valence-electron chi connectivity index (χ2n) is 3.99. The Morgan fingerprint density at radius 2 is 2.07 bits per heavy atom. The van der Waals surface area contributed by atoms with E-state index in [9.17, 15) is 9.50 Å². The molecule has 0 saturated heterocycles. The first-order valence-electron chi connectivity index (χ1n) is 4.71. The molecule has 0 aliphatic heterocycles. The summed E-state index contributed by atoms with van der Waals surface area (Å²) in [5.41, 5.74) is 0.264. The Kier molecular flexibility index (Phi) is 2.28. The van der Waals surface area contributed by atoms with Crippen LogP contribution in [0.3, 0.4) is 0 Å². The summed E-state index contributed by atoms with van der Waals surface area (Å²) in [5.74, 6) is -0.473. The minimum Gasteiger partial charge on any atom is -0.385 e. The number of aliphatic hydroxyl groups is 1. The summed E-state index contributed by atoms with van der Waals surface area (Å²) in [6, 6.07) is 3.25. The molecule has 0 radical (unpaired) electrons. The van der Waals surface area contributed by atoms with E-state index in [0.717, 1.165) is 12.0 Å². The zero-order chi connectivity index (χ0) is 10.3. The number of rotatable bonds is 1. The van der Waals surface area contributed by atoms with E-state index < -0.39 is 11.4 Å². The van der Waals surface area contributed by atoms with E-state index >= 15 is 0 Å². The molecule has 0 heterocycles. The Balaban J connectivity index is 2.51. The van der Waals surface area contributed by atoms with Crippen molar-refractivity contribution in [1.82, 2.24) is 0 Å². The molecular weight excluding hydrogens is 203 g/mol. The van der Waals surface area contributed by atoms with Gasteiger partial charge in [-0.05, 0) is 37.8 Å². The maximum Gasteiger partial charge on any atom is 0.147 e. The van der Waals surface area contributed by atoms with Gasteiger partial charge in [-0.15, -0.1) is 0 Å². The van der Waals surface area contributed by atoms with Crippen LogP contribution in [0.25, 0.3) is 0 Å². The highest BCUT2D eigenvalue weighted by atomic mass is 35.5. The topological polar surface area (TPSA) is 20.2 Å². The van der Waals surface area contributed by atoms with Crippen LogP contribution in [0.4, 0.5) is 4.39 Å². The van der Waals surface area contributed by atoms with Gasteiger partial charge in [0.25, 0.3) is 0 Å². The van der Waals surface area contributed by atoms with Crippen LogP contribution in [0.5, 0.6) is 0 Å². The lowest BCUT2D eigenvalue weighted by Gasteiger charge is -2.37. The summed E-state index contributed by atoms with van der Waals surface area (Å²) in [4.78, 5) is 0. The van der Waals surface area contributed by atoms with Crippen LogP contribution in [-0.2, 0) is 5.60 Å². The standard InChI is InChI=1S/C11H12ClFO/c1-7-5-8(10(13)9(12)6-7)11(14)3-2-4-11/h5-6,14H,2-4H2,1H3. The summed E-state index contributed by atoms with van der Waals surface area (Å²) in [6.07, 6.45) is 2.20. The number of halogens is 2. The van der Waals surface area contributed by atoms with Gasteiger partial charge in [0.2, 0.25) is 0 Å². The Hall–Kier alpha value is -0.600. The third kappa shape index (κ3) is 1.43. The Bertz CT molecular complexity index is 372. The third-order valence-electron chi connectivity index (χ3n) is 2.85. The molecule has 0 aromatic heterocycles. The summed E-state index contributed by atoms with van der Waals surface area (Å²) in [5, 5.41) is 10.1. The highest BCUT2D eigenvalue weighted by molar-refractivity contribution is 6.30. The summed E-state index contributed by atoms with van der Waals surface area (Å²) in [7, 11) is 0. The summed E-state index contributed by atoms with van der Waals surface area (Å²) in [6.45, 7) is 1.84. The molecule has 0 unspecified atom stereocenters. The zero-order valence-electron chi connectivity index (χ0n) is 7.98. The molecule has 76 valence electrons. The molecule has 1 aliphatic carbocycles. The SMILES string of the molecule is Cc1cc(Cl)c(F)c(C2(O)CCC2)c1. The van der Waals surface area contributed by atoms with E-state index in [1.807, 2.05) is 6.92 Å². The van der Waals surface area contributed by atoms with Crippen LogP contribution < -0.4 is 0 Å². The highest BCUT2D eigenvalue weighted by Gasteiger charge is 2.38. The van der Waals surface area contributed by atoms with E-state index in [1.54, 1.807) is 12.1 Å². The van der Waals surface area contributed by atoms with E-state index in [0.29, 0.717) is 18.4 Å². The highest BCUT2D eigenvalue weighted by Crippen LogP contribution is 2.43. The smallest absolute Gasteiger partial charge is 0.147 e. The number of hydrogen-bond donors (Lipinski definition) is 1. The fraction of sp³-hybridized carbons (Fsp3) is 0.455. The van der Waals surface area contributed by atoms with Crippen molar-refractivity contribution in [3.63, 3.8) is 0 Å². The van der Waals surface area contributed by atoms with Gasteiger partial charge in [0.1, 0.15) is 5.82 Å². The summed E-state index contributed by atoms with van der Waals surface area (Å²) >= 11 is 5.72. The Morgan fingerprint density at radius 1 is 1.43 bits per heavy atom. The van der Waals surface area contributed by atoms with Crippen molar-refractivity contribution >= 4 is 11.6 Å².